The van der Waals surface area contributed by atoms with Gasteiger partial charge in [0, 0.05) is 12.0 Å². The molecule has 1 aliphatic rings. The minimum atomic E-state index is -0.493. The molecule has 1 heterocycles. The van der Waals surface area contributed by atoms with Crippen LogP contribution in [0.2, 0.25) is 0 Å². The molecule has 0 N–H and O–H groups in total. The van der Waals surface area contributed by atoms with Gasteiger partial charge in [-0.2, -0.15) is 5.26 Å². The molecular weight excluding hydrogens is 266 g/mol. The van der Waals surface area contributed by atoms with Gasteiger partial charge in [0.2, 0.25) is 6.79 Å². The highest BCUT2D eigenvalue weighted by Crippen LogP contribution is 2.35. The summed E-state index contributed by atoms with van der Waals surface area (Å²) in [6.07, 6.45) is 0.153. The highest BCUT2D eigenvalue weighted by atomic mass is 16.7. The average Bonchev–Trinajstić information content (AvgIpc) is 3.00. The lowest BCUT2D eigenvalue weighted by molar-refractivity contribution is 0.0979. The fourth-order valence-electron chi connectivity index (χ4n) is 2.30. The normalized spacial score (nSPS) is 13.5. The quantitative estimate of drug-likeness (QED) is 0.806. The van der Waals surface area contributed by atoms with Crippen molar-refractivity contribution in [1.82, 2.24) is 0 Å². The Morgan fingerprint density at radius 3 is 2.67 bits per heavy atom. The number of carbonyl (C=O) groups is 1. The zero-order valence-electron chi connectivity index (χ0n) is 11.3. The Hall–Kier alpha value is -2.80. The number of Topliss-reactive ketones (excluding diaryl/α,β-unsaturated/α-hetero) is 1. The smallest absolute Gasteiger partial charge is 0.231 e. The molecule has 1 aliphatic heterocycles. The van der Waals surface area contributed by atoms with Gasteiger partial charge in [-0.05, 0) is 17.7 Å². The first-order valence-corrected chi connectivity index (χ1v) is 6.65. The summed E-state index contributed by atoms with van der Waals surface area (Å²) in [5, 5.41) is 9.35. The molecule has 104 valence electrons. The zero-order valence-corrected chi connectivity index (χ0v) is 11.3. The van der Waals surface area contributed by atoms with Crippen LogP contribution in [0.25, 0.3) is 0 Å². The highest BCUT2D eigenvalue weighted by molar-refractivity contribution is 5.96. The number of hydrogen-bond acceptors (Lipinski definition) is 4. The van der Waals surface area contributed by atoms with Crippen LogP contribution in [0.15, 0.2) is 48.5 Å². The van der Waals surface area contributed by atoms with Crippen LogP contribution in [0.4, 0.5) is 0 Å². The molecule has 1 unspecified atom stereocenters. The molecule has 2 aromatic carbocycles. The summed E-state index contributed by atoms with van der Waals surface area (Å²) in [6, 6.07) is 16.6. The fraction of sp³-hybridized carbons (Fsp3) is 0.176. The molecular formula is C17H13NO3. The van der Waals surface area contributed by atoms with Gasteiger partial charge in [-0.3, -0.25) is 4.79 Å². The SMILES string of the molecule is N#CC(CC(=O)c1ccccc1)c1ccc2c(c1)OCO2. The minimum Gasteiger partial charge on any atom is -0.454 e. The molecule has 1 atom stereocenters. The minimum absolute atomic E-state index is 0.0418. The third-order valence-corrected chi connectivity index (χ3v) is 3.44. The zero-order chi connectivity index (χ0) is 14.7. The van der Waals surface area contributed by atoms with Gasteiger partial charge < -0.3 is 9.47 Å². The number of hydrogen-bond donors (Lipinski definition) is 0. The highest BCUT2D eigenvalue weighted by Gasteiger charge is 2.20. The number of ketones is 1. The van der Waals surface area contributed by atoms with E-state index in [9.17, 15) is 10.1 Å². The van der Waals surface area contributed by atoms with Gasteiger partial charge in [0.15, 0.2) is 17.3 Å². The number of fused-ring (bicyclic) bond motifs is 1. The van der Waals surface area contributed by atoms with Gasteiger partial charge in [-0.15, -0.1) is 0 Å². The van der Waals surface area contributed by atoms with E-state index in [2.05, 4.69) is 6.07 Å². The largest absolute Gasteiger partial charge is 0.454 e. The van der Waals surface area contributed by atoms with E-state index in [4.69, 9.17) is 9.47 Å². The van der Waals surface area contributed by atoms with Crippen LogP contribution in [-0.2, 0) is 0 Å². The van der Waals surface area contributed by atoms with Crippen molar-refractivity contribution in [3.63, 3.8) is 0 Å². The molecule has 0 fully saturated rings. The molecule has 0 saturated heterocycles. The van der Waals surface area contributed by atoms with E-state index in [0.717, 1.165) is 5.56 Å². The lowest BCUT2D eigenvalue weighted by Gasteiger charge is -2.09. The van der Waals surface area contributed by atoms with E-state index in [1.54, 1.807) is 30.3 Å². The van der Waals surface area contributed by atoms with Crippen molar-refractivity contribution < 1.29 is 14.3 Å². The third kappa shape index (κ3) is 2.72. The Bertz CT molecular complexity index is 704. The number of rotatable bonds is 4. The molecule has 0 amide bonds. The van der Waals surface area contributed by atoms with Crippen LogP contribution in [0.5, 0.6) is 11.5 Å². The topological polar surface area (TPSA) is 59.3 Å². The van der Waals surface area contributed by atoms with Crippen LogP contribution < -0.4 is 9.47 Å². The number of carbonyl (C=O) groups excluding carboxylic acids is 1. The van der Waals surface area contributed by atoms with E-state index in [1.807, 2.05) is 18.2 Å². The lowest BCUT2D eigenvalue weighted by atomic mass is 9.92. The first-order chi connectivity index (χ1) is 10.3. The standard InChI is InChI=1S/C17H13NO3/c18-10-14(8-15(19)12-4-2-1-3-5-12)13-6-7-16-17(9-13)21-11-20-16/h1-7,9,14H,8,11H2. The third-order valence-electron chi connectivity index (χ3n) is 3.44. The molecule has 0 aromatic heterocycles. The van der Waals surface area contributed by atoms with E-state index in [-0.39, 0.29) is 19.0 Å². The summed E-state index contributed by atoms with van der Waals surface area (Å²) >= 11 is 0. The Kier molecular flexibility index (Phi) is 3.57. The maximum absolute atomic E-state index is 12.2. The molecule has 0 spiro atoms. The Morgan fingerprint density at radius 1 is 1.14 bits per heavy atom. The van der Waals surface area contributed by atoms with Crippen molar-refractivity contribution in [3.05, 3.63) is 59.7 Å². The van der Waals surface area contributed by atoms with Crippen LogP contribution in [0, 0.1) is 11.3 Å². The van der Waals surface area contributed by atoms with Crippen LogP contribution in [0.1, 0.15) is 28.3 Å². The Labute approximate surface area is 122 Å². The second kappa shape index (κ2) is 5.68. The van der Waals surface area contributed by atoms with E-state index in [0.29, 0.717) is 17.1 Å². The summed E-state index contributed by atoms with van der Waals surface area (Å²) < 4.78 is 10.6. The monoisotopic (exact) mass is 279 g/mol. The molecule has 4 heteroatoms. The predicted octanol–water partition coefficient (Wildman–Crippen LogP) is 3.30. The molecule has 2 aromatic rings. The first kappa shape index (κ1) is 13.2. The van der Waals surface area contributed by atoms with Crippen molar-refractivity contribution in [2.45, 2.75) is 12.3 Å². The predicted molar refractivity (Wildman–Crippen MR) is 76.3 cm³/mol. The Balaban J connectivity index is 1.80. The average molecular weight is 279 g/mol. The van der Waals surface area contributed by atoms with E-state index < -0.39 is 5.92 Å². The van der Waals surface area contributed by atoms with Crippen molar-refractivity contribution in [1.29, 1.82) is 5.26 Å². The summed E-state index contributed by atoms with van der Waals surface area (Å²) in [6.45, 7) is 0.193. The number of nitrogens with zero attached hydrogens (tertiary/aromatic N) is 1. The molecule has 3 rings (SSSR count). The number of ether oxygens (including phenoxy) is 2. The second-order valence-electron chi connectivity index (χ2n) is 4.79. The lowest BCUT2D eigenvalue weighted by Crippen LogP contribution is -2.06. The molecule has 0 aliphatic carbocycles. The van der Waals surface area contributed by atoms with E-state index in [1.165, 1.54) is 0 Å². The van der Waals surface area contributed by atoms with E-state index >= 15 is 0 Å². The molecule has 0 bridgehead atoms. The number of nitriles is 1. The van der Waals surface area contributed by atoms with Gasteiger partial charge in [-0.1, -0.05) is 36.4 Å². The van der Waals surface area contributed by atoms with Gasteiger partial charge in [0.1, 0.15) is 0 Å². The molecule has 21 heavy (non-hydrogen) atoms. The van der Waals surface area contributed by atoms with Crippen molar-refractivity contribution in [2.75, 3.05) is 6.79 Å². The van der Waals surface area contributed by atoms with Gasteiger partial charge in [-0.25, -0.2) is 0 Å². The number of benzene rings is 2. The second-order valence-corrected chi connectivity index (χ2v) is 4.79. The van der Waals surface area contributed by atoms with Crippen molar-refractivity contribution in [3.8, 4) is 17.6 Å². The van der Waals surface area contributed by atoms with Gasteiger partial charge in [0.05, 0.1) is 12.0 Å². The van der Waals surface area contributed by atoms with Crippen molar-refractivity contribution >= 4 is 5.78 Å². The summed E-state index contributed by atoms with van der Waals surface area (Å²) in [7, 11) is 0. The first-order valence-electron chi connectivity index (χ1n) is 6.65. The molecule has 4 nitrogen and oxygen atoms in total. The molecule has 0 radical (unpaired) electrons. The van der Waals surface area contributed by atoms with Crippen LogP contribution in [0.3, 0.4) is 0 Å². The van der Waals surface area contributed by atoms with Crippen molar-refractivity contribution in [2.24, 2.45) is 0 Å². The molecule has 0 saturated carbocycles. The fourth-order valence-corrected chi connectivity index (χ4v) is 2.30. The van der Waals surface area contributed by atoms with Gasteiger partial charge >= 0.3 is 0 Å². The maximum atomic E-state index is 12.2. The summed E-state index contributed by atoms with van der Waals surface area (Å²) in [5.74, 6) is 0.761. The van der Waals surface area contributed by atoms with Gasteiger partial charge in [0.25, 0.3) is 0 Å². The maximum Gasteiger partial charge on any atom is 0.231 e. The Morgan fingerprint density at radius 2 is 1.90 bits per heavy atom. The summed E-state index contributed by atoms with van der Waals surface area (Å²) in [5.41, 5.74) is 1.39. The van der Waals surface area contributed by atoms with Crippen LogP contribution in [-0.4, -0.2) is 12.6 Å². The summed E-state index contributed by atoms with van der Waals surface area (Å²) in [4.78, 5) is 12.2. The van der Waals surface area contributed by atoms with Crippen LogP contribution >= 0.6 is 0 Å².